The van der Waals surface area contributed by atoms with Crippen molar-refractivity contribution in [2.24, 2.45) is 0 Å². The molecule has 2 aromatic carbocycles. The number of ether oxygens (including phenoxy) is 1. The van der Waals surface area contributed by atoms with Gasteiger partial charge in [-0.15, -0.1) is 0 Å². The number of pyridine rings is 1. The molecular formula is C24H22N4O. The van der Waals surface area contributed by atoms with E-state index in [4.69, 9.17) is 14.7 Å². The zero-order chi connectivity index (χ0) is 19.5. The third-order valence-electron chi connectivity index (χ3n) is 5.29. The van der Waals surface area contributed by atoms with E-state index in [1.54, 1.807) is 6.20 Å². The summed E-state index contributed by atoms with van der Waals surface area (Å²) in [7, 11) is 0. The molecular weight excluding hydrogens is 360 g/mol. The van der Waals surface area contributed by atoms with E-state index in [2.05, 4.69) is 16.0 Å². The van der Waals surface area contributed by atoms with E-state index in [0.717, 1.165) is 59.8 Å². The lowest BCUT2D eigenvalue weighted by atomic mass is 10.1. The number of fused-ring (bicyclic) bond motifs is 1. The molecule has 5 rings (SSSR count). The molecule has 29 heavy (non-hydrogen) atoms. The fourth-order valence-electron chi connectivity index (χ4n) is 3.80. The zero-order valence-corrected chi connectivity index (χ0v) is 16.1. The van der Waals surface area contributed by atoms with Gasteiger partial charge in [0.15, 0.2) is 5.82 Å². The third kappa shape index (κ3) is 3.76. The van der Waals surface area contributed by atoms with Gasteiger partial charge in [0, 0.05) is 49.3 Å². The molecule has 0 aliphatic carbocycles. The first kappa shape index (κ1) is 17.6. The summed E-state index contributed by atoms with van der Waals surface area (Å²) in [6.07, 6.45) is 5.75. The van der Waals surface area contributed by atoms with E-state index in [1.807, 2.05) is 66.9 Å². The Balaban J connectivity index is 1.41. The Bertz CT molecular complexity index is 1090. The lowest BCUT2D eigenvalue weighted by Gasteiger charge is -2.33. The minimum absolute atomic E-state index is 0.236. The first-order valence-electron chi connectivity index (χ1n) is 10.0. The maximum atomic E-state index is 6.15. The molecule has 0 bridgehead atoms. The standard InChI is InChI=1S/C24H22N4O/c1-2-8-19(9-3-1)29-20-12-15-28(16-13-20)24-21-10-4-5-11-22(21)26-23(27-24)18-7-6-14-25-17-18/h1-11,14,17,20H,12-13,15-16H2. The van der Waals surface area contributed by atoms with Crippen molar-refractivity contribution in [2.45, 2.75) is 18.9 Å². The van der Waals surface area contributed by atoms with Crippen LogP contribution in [0.3, 0.4) is 0 Å². The van der Waals surface area contributed by atoms with Crippen molar-refractivity contribution in [3.8, 4) is 17.1 Å². The maximum Gasteiger partial charge on any atom is 0.163 e. The molecule has 1 fully saturated rings. The second-order valence-electron chi connectivity index (χ2n) is 7.25. The second kappa shape index (κ2) is 7.87. The largest absolute Gasteiger partial charge is 0.490 e. The summed E-state index contributed by atoms with van der Waals surface area (Å²) in [5.41, 5.74) is 1.89. The number of anilines is 1. The van der Waals surface area contributed by atoms with Gasteiger partial charge in [0.2, 0.25) is 0 Å². The maximum absolute atomic E-state index is 6.15. The average molecular weight is 382 g/mol. The Morgan fingerprint density at radius 3 is 2.41 bits per heavy atom. The normalized spacial score (nSPS) is 14.8. The second-order valence-corrected chi connectivity index (χ2v) is 7.25. The van der Waals surface area contributed by atoms with E-state index >= 15 is 0 Å². The summed E-state index contributed by atoms with van der Waals surface area (Å²) in [5, 5.41) is 1.09. The van der Waals surface area contributed by atoms with Crippen LogP contribution < -0.4 is 9.64 Å². The molecule has 5 nitrogen and oxygen atoms in total. The van der Waals surface area contributed by atoms with Crippen LogP contribution in [0, 0.1) is 0 Å². The minimum atomic E-state index is 0.236. The summed E-state index contributed by atoms with van der Waals surface area (Å²) in [6.45, 7) is 1.82. The van der Waals surface area contributed by atoms with Crippen LogP contribution in [0.1, 0.15) is 12.8 Å². The highest BCUT2D eigenvalue weighted by Crippen LogP contribution is 2.30. The van der Waals surface area contributed by atoms with E-state index in [-0.39, 0.29) is 6.10 Å². The fraction of sp³-hybridized carbons (Fsp3) is 0.208. The molecule has 0 atom stereocenters. The highest BCUT2D eigenvalue weighted by Gasteiger charge is 2.23. The van der Waals surface area contributed by atoms with Crippen molar-refractivity contribution in [1.82, 2.24) is 15.0 Å². The number of rotatable bonds is 4. The Kier molecular flexibility index (Phi) is 4.78. The molecule has 3 heterocycles. The topological polar surface area (TPSA) is 51.1 Å². The summed E-state index contributed by atoms with van der Waals surface area (Å²) in [6, 6.07) is 22.2. The van der Waals surface area contributed by atoms with Gasteiger partial charge in [-0.2, -0.15) is 0 Å². The summed E-state index contributed by atoms with van der Waals surface area (Å²) >= 11 is 0. The smallest absolute Gasteiger partial charge is 0.163 e. The number of hydrogen-bond acceptors (Lipinski definition) is 5. The number of piperidine rings is 1. The Morgan fingerprint density at radius 2 is 1.62 bits per heavy atom. The molecule has 0 saturated carbocycles. The number of para-hydroxylation sites is 2. The van der Waals surface area contributed by atoms with Gasteiger partial charge in [-0.25, -0.2) is 9.97 Å². The molecule has 1 aliphatic heterocycles. The van der Waals surface area contributed by atoms with E-state index < -0.39 is 0 Å². The van der Waals surface area contributed by atoms with Crippen LogP contribution in [0.15, 0.2) is 79.1 Å². The molecule has 5 heteroatoms. The van der Waals surface area contributed by atoms with Crippen LogP contribution in [0.25, 0.3) is 22.3 Å². The molecule has 1 saturated heterocycles. The van der Waals surface area contributed by atoms with Crippen LogP contribution in [0.2, 0.25) is 0 Å². The van der Waals surface area contributed by atoms with E-state index in [1.165, 1.54) is 0 Å². The van der Waals surface area contributed by atoms with E-state index in [9.17, 15) is 0 Å². The molecule has 0 N–H and O–H groups in total. The van der Waals surface area contributed by atoms with Gasteiger partial charge in [0.05, 0.1) is 5.52 Å². The lowest BCUT2D eigenvalue weighted by molar-refractivity contribution is 0.171. The van der Waals surface area contributed by atoms with Crippen LogP contribution >= 0.6 is 0 Å². The van der Waals surface area contributed by atoms with Crippen molar-refractivity contribution in [1.29, 1.82) is 0 Å². The Labute approximate surface area is 170 Å². The first-order chi connectivity index (χ1) is 14.4. The molecule has 0 unspecified atom stereocenters. The molecule has 1 aliphatic rings. The summed E-state index contributed by atoms with van der Waals surface area (Å²) < 4.78 is 6.15. The number of nitrogens with zero attached hydrogens (tertiary/aromatic N) is 4. The summed E-state index contributed by atoms with van der Waals surface area (Å²) in [4.78, 5) is 16.3. The van der Waals surface area contributed by atoms with Crippen LogP contribution in [0.4, 0.5) is 5.82 Å². The molecule has 0 amide bonds. The SMILES string of the molecule is c1ccc(OC2CCN(c3nc(-c4cccnc4)nc4ccccc34)CC2)cc1. The van der Waals surface area contributed by atoms with Crippen molar-refractivity contribution in [3.63, 3.8) is 0 Å². The quantitative estimate of drug-likeness (QED) is 0.510. The van der Waals surface area contributed by atoms with Gasteiger partial charge in [0.1, 0.15) is 17.7 Å². The number of benzene rings is 2. The average Bonchev–Trinajstić information content (AvgIpc) is 2.80. The molecule has 0 spiro atoms. The number of aromatic nitrogens is 3. The summed E-state index contributed by atoms with van der Waals surface area (Å²) in [5.74, 6) is 2.65. The Hall–Kier alpha value is -3.47. The molecule has 0 radical (unpaired) electrons. The van der Waals surface area contributed by atoms with Crippen LogP contribution in [-0.2, 0) is 0 Å². The van der Waals surface area contributed by atoms with Crippen molar-refractivity contribution in [2.75, 3.05) is 18.0 Å². The molecule has 144 valence electrons. The fourth-order valence-corrected chi connectivity index (χ4v) is 3.80. The van der Waals surface area contributed by atoms with Gasteiger partial charge >= 0.3 is 0 Å². The van der Waals surface area contributed by atoms with Gasteiger partial charge in [-0.05, 0) is 36.4 Å². The van der Waals surface area contributed by atoms with Gasteiger partial charge in [-0.1, -0.05) is 30.3 Å². The van der Waals surface area contributed by atoms with E-state index in [0.29, 0.717) is 0 Å². The van der Waals surface area contributed by atoms with Gasteiger partial charge in [-0.3, -0.25) is 4.98 Å². The first-order valence-corrected chi connectivity index (χ1v) is 10.0. The van der Waals surface area contributed by atoms with Crippen LogP contribution in [0.5, 0.6) is 5.75 Å². The third-order valence-corrected chi connectivity index (χ3v) is 5.29. The van der Waals surface area contributed by atoms with Gasteiger partial charge < -0.3 is 9.64 Å². The van der Waals surface area contributed by atoms with Gasteiger partial charge in [0.25, 0.3) is 0 Å². The van der Waals surface area contributed by atoms with Crippen molar-refractivity contribution in [3.05, 3.63) is 79.1 Å². The highest BCUT2D eigenvalue weighted by atomic mass is 16.5. The molecule has 4 aromatic rings. The predicted molar refractivity (Wildman–Crippen MR) is 115 cm³/mol. The van der Waals surface area contributed by atoms with Crippen LogP contribution in [-0.4, -0.2) is 34.1 Å². The highest BCUT2D eigenvalue weighted by molar-refractivity contribution is 5.91. The Morgan fingerprint density at radius 1 is 0.828 bits per heavy atom. The predicted octanol–water partition coefficient (Wildman–Crippen LogP) is 4.74. The minimum Gasteiger partial charge on any atom is -0.490 e. The lowest BCUT2D eigenvalue weighted by Crippen LogP contribution is -2.38. The number of hydrogen-bond donors (Lipinski definition) is 0. The monoisotopic (exact) mass is 382 g/mol. The van der Waals surface area contributed by atoms with Crippen molar-refractivity contribution >= 4 is 16.7 Å². The van der Waals surface area contributed by atoms with Crippen molar-refractivity contribution < 1.29 is 4.74 Å². The molecule has 2 aromatic heterocycles. The zero-order valence-electron chi connectivity index (χ0n) is 16.1.